The van der Waals surface area contributed by atoms with Crippen molar-refractivity contribution in [3.8, 4) is 0 Å². The second kappa shape index (κ2) is 7.20. The molecule has 0 saturated heterocycles. The maximum atomic E-state index is 12.1. The number of carbonyl (C=O) groups excluding carboxylic acids is 1. The molecule has 1 aromatic rings. The first-order chi connectivity index (χ1) is 7.91. The third-order valence-electron chi connectivity index (χ3n) is 3.66. The van der Waals surface area contributed by atoms with Gasteiger partial charge in [-0.05, 0) is 62.4 Å². The number of nitrogens with two attached hydrogens (primary N) is 1. The third kappa shape index (κ3) is 3.30. The summed E-state index contributed by atoms with van der Waals surface area (Å²) in [5.41, 5.74) is 12.0. The SMILES string of the molecule is Cc1c(C)c(C)c(C(=O)NCCN)c(C)c1C.[Zr]. The van der Waals surface area contributed by atoms with Crippen LogP contribution in [0.3, 0.4) is 0 Å². The summed E-state index contributed by atoms with van der Waals surface area (Å²) < 4.78 is 0. The molecule has 0 bridgehead atoms. The van der Waals surface area contributed by atoms with E-state index in [4.69, 9.17) is 5.73 Å². The van der Waals surface area contributed by atoms with Crippen LogP contribution in [-0.2, 0) is 26.2 Å². The fourth-order valence-corrected chi connectivity index (χ4v) is 2.11. The Balaban J connectivity index is 0.00000289. The van der Waals surface area contributed by atoms with E-state index in [1.165, 1.54) is 16.7 Å². The molecular formula is C14H22N2OZr. The van der Waals surface area contributed by atoms with Crippen molar-refractivity contribution in [2.75, 3.05) is 13.1 Å². The van der Waals surface area contributed by atoms with Crippen LogP contribution in [0.25, 0.3) is 0 Å². The van der Waals surface area contributed by atoms with Gasteiger partial charge in [-0.15, -0.1) is 0 Å². The van der Waals surface area contributed by atoms with Crippen LogP contribution in [-0.4, -0.2) is 19.0 Å². The van der Waals surface area contributed by atoms with Gasteiger partial charge in [0.05, 0.1) is 0 Å². The van der Waals surface area contributed by atoms with Crippen molar-refractivity contribution in [1.29, 1.82) is 0 Å². The van der Waals surface area contributed by atoms with E-state index in [2.05, 4.69) is 26.1 Å². The van der Waals surface area contributed by atoms with Crippen LogP contribution < -0.4 is 11.1 Å². The van der Waals surface area contributed by atoms with Crippen molar-refractivity contribution in [2.45, 2.75) is 34.6 Å². The van der Waals surface area contributed by atoms with Gasteiger partial charge < -0.3 is 11.1 Å². The number of rotatable bonds is 3. The molecule has 0 saturated carbocycles. The van der Waals surface area contributed by atoms with Crippen molar-refractivity contribution >= 4 is 5.91 Å². The normalized spacial score (nSPS) is 9.89. The molecule has 0 aliphatic heterocycles. The summed E-state index contributed by atoms with van der Waals surface area (Å²) in [6.07, 6.45) is 0. The fraction of sp³-hybridized carbons (Fsp3) is 0.500. The van der Waals surface area contributed by atoms with Crippen LogP contribution in [0.15, 0.2) is 0 Å². The molecule has 0 aliphatic carbocycles. The first-order valence-electron chi connectivity index (χ1n) is 5.97. The Kier molecular flexibility index (Phi) is 7.02. The van der Waals surface area contributed by atoms with Gasteiger partial charge in [-0.25, -0.2) is 0 Å². The molecule has 1 rings (SSSR count). The van der Waals surface area contributed by atoms with Gasteiger partial charge >= 0.3 is 0 Å². The van der Waals surface area contributed by atoms with Gasteiger partial charge in [0.15, 0.2) is 0 Å². The van der Waals surface area contributed by atoms with Crippen LogP contribution >= 0.6 is 0 Å². The Morgan fingerprint density at radius 1 is 0.944 bits per heavy atom. The minimum atomic E-state index is -0.0170. The van der Waals surface area contributed by atoms with Crippen LogP contribution in [0, 0.1) is 34.6 Å². The molecule has 3 nitrogen and oxygen atoms in total. The van der Waals surface area contributed by atoms with Crippen LogP contribution in [0.2, 0.25) is 0 Å². The molecule has 98 valence electrons. The van der Waals surface area contributed by atoms with E-state index in [9.17, 15) is 4.79 Å². The molecule has 0 spiro atoms. The Labute approximate surface area is 129 Å². The molecule has 0 aromatic heterocycles. The van der Waals surface area contributed by atoms with E-state index in [-0.39, 0.29) is 32.1 Å². The van der Waals surface area contributed by atoms with Crippen LogP contribution in [0.4, 0.5) is 0 Å². The molecule has 18 heavy (non-hydrogen) atoms. The number of carbonyl (C=O) groups is 1. The largest absolute Gasteiger partial charge is 0.351 e. The second-order valence-electron chi connectivity index (χ2n) is 4.54. The van der Waals surface area contributed by atoms with E-state index in [0.717, 1.165) is 16.7 Å². The predicted molar refractivity (Wildman–Crippen MR) is 71.5 cm³/mol. The fourth-order valence-electron chi connectivity index (χ4n) is 2.11. The van der Waals surface area contributed by atoms with Crippen molar-refractivity contribution < 1.29 is 31.0 Å². The average molecular weight is 326 g/mol. The molecule has 0 radical (unpaired) electrons. The molecule has 1 amide bonds. The molecule has 0 heterocycles. The number of hydrogen-bond acceptors (Lipinski definition) is 2. The van der Waals surface area contributed by atoms with Gasteiger partial charge in [-0.3, -0.25) is 4.79 Å². The summed E-state index contributed by atoms with van der Waals surface area (Å²) in [6.45, 7) is 11.2. The summed E-state index contributed by atoms with van der Waals surface area (Å²) >= 11 is 0. The zero-order chi connectivity index (χ0) is 13.2. The Hall–Kier alpha value is -0.467. The standard InChI is InChI=1S/C14H22N2O.Zr/c1-8-9(2)11(4)13(12(5)10(8)3)14(17)16-7-6-15;/h6-7,15H2,1-5H3,(H,16,17);. The van der Waals surface area contributed by atoms with E-state index in [0.29, 0.717) is 13.1 Å². The molecule has 0 aliphatic rings. The van der Waals surface area contributed by atoms with Crippen LogP contribution in [0.5, 0.6) is 0 Å². The van der Waals surface area contributed by atoms with Gasteiger partial charge in [0.2, 0.25) is 0 Å². The third-order valence-corrected chi connectivity index (χ3v) is 3.66. The zero-order valence-corrected chi connectivity index (χ0v) is 14.4. The van der Waals surface area contributed by atoms with Crippen molar-refractivity contribution in [3.05, 3.63) is 33.4 Å². The quantitative estimate of drug-likeness (QED) is 0.892. The van der Waals surface area contributed by atoms with E-state index < -0.39 is 0 Å². The smallest absolute Gasteiger partial charge is 0.251 e. The first kappa shape index (κ1) is 17.5. The maximum absolute atomic E-state index is 12.1. The summed E-state index contributed by atoms with van der Waals surface area (Å²) in [7, 11) is 0. The monoisotopic (exact) mass is 324 g/mol. The zero-order valence-electron chi connectivity index (χ0n) is 11.9. The van der Waals surface area contributed by atoms with Gasteiger partial charge in [0.25, 0.3) is 5.91 Å². The van der Waals surface area contributed by atoms with Crippen molar-refractivity contribution in [1.82, 2.24) is 5.32 Å². The second-order valence-corrected chi connectivity index (χ2v) is 4.54. The average Bonchev–Trinajstić information content (AvgIpc) is 2.31. The van der Waals surface area contributed by atoms with Gasteiger partial charge in [-0.2, -0.15) is 0 Å². The summed E-state index contributed by atoms with van der Waals surface area (Å²) in [4.78, 5) is 12.1. The number of amides is 1. The Morgan fingerprint density at radius 3 is 1.72 bits per heavy atom. The maximum Gasteiger partial charge on any atom is 0.251 e. The van der Waals surface area contributed by atoms with Crippen LogP contribution in [0.1, 0.15) is 38.2 Å². The molecular weight excluding hydrogens is 303 g/mol. The topological polar surface area (TPSA) is 55.1 Å². The molecule has 0 atom stereocenters. The molecule has 0 fully saturated rings. The van der Waals surface area contributed by atoms with E-state index >= 15 is 0 Å². The van der Waals surface area contributed by atoms with Crippen molar-refractivity contribution in [3.63, 3.8) is 0 Å². The minimum Gasteiger partial charge on any atom is -0.351 e. The first-order valence-corrected chi connectivity index (χ1v) is 5.97. The van der Waals surface area contributed by atoms with Gasteiger partial charge in [0, 0.05) is 44.9 Å². The predicted octanol–water partition coefficient (Wildman–Crippen LogP) is 1.91. The molecule has 4 heteroatoms. The van der Waals surface area contributed by atoms with E-state index in [1.807, 2.05) is 13.8 Å². The summed E-state index contributed by atoms with van der Waals surface area (Å²) in [6, 6.07) is 0. The van der Waals surface area contributed by atoms with Gasteiger partial charge in [0.1, 0.15) is 0 Å². The number of benzene rings is 1. The van der Waals surface area contributed by atoms with E-state index in [1.54, 1.807) is 0 Å². The Morgan fingerprint density at radius 2 is 1.33 bits per heavy atom. The molecule has 0 unspecified atom stereocenters. The minimum absolute atomic E-state index is 0. The molecule has 1 aromatic carbocycles. The number of hydrogen-bond donors (Lipinski definition) is 2. The summed E-state index contributed by atoms with van der Waals surface area (Å²) in [5.74, 6) is -0.0170. The number of nitrogens with one attached hydrogen (secondary N) is 1. The Bertz CT molecular complexity index is 427. The van der Waals surface area contributed by atoms with Crippen molar-refractivity contribution in [2.24, 2.45) is 5.73 Å². The van der Waals surface area contributed by atoms with Gasteiger partial charge in [-0.1, -0.05) is 0 Å². The molecule has 3 N–H and O–H groups in total. The summed E-state index contributed by atoms with van der Waals surface area (Å²) in [5, 5.41) is 2.84.